The Kier molecular flexibility index (Phi) is 3.51. The Morgan fingerprint density at radius 3 is 2.16 bits per heavy atom. The second-order valence-corrected chi connectivity index (χ2v) is 9.11. The molecule has 4 aliphatic carbocycles. The highest BCUT2D eigenvalue weighted by Crippen LogP contribution is 2.56. The molecule has 5 fully saturated rings. The quantitative estimate of drug-likeness (QED) is 0.879. The summed E-state index contributed by atoms with van der Waals surface area (Å²) in [4.78, 5) is 14.1. The third-order valence-electron chi connectivity index (χ3n) is 7.12. The van der Waals surface area contributed by atoms with E-state index in [0.29, 0.717) is 5.54 Å². The number of hydrogen-bond donors (Lipinski definition) is 2. The molecule has 0 unspecified atom stereocenters. The van der Waals surface area contributed by atoms with Crippen LogP contribution in [0, 0.1) is 17.8 Å². The third kappa shape index (κ3) is 2.70. The van der Waals surface area contributed by atoms with E-state index >= 15 is 0 Å². The van der Waals surface area contributed by atoms with Crippen LogP contribution in [0.1, 0.15) is 44.9 Å². The van der Waals surface area contributed by atoms with Gasteiger partial charge in [-0.05, 0) is 74.8 Å². The van der Waals surface area contributed by atoms with Crippen molar-refractivity contribution in [3.8, 4) is 0 Å². The molecule has 1 aliphatic heterocycles. The summed E-state index contributed by atoms with van der Waals surface area (Å²) >= 11 is 0. The molecule has 2 N–H and O–H groups in total. The van der Waals surface area contributed by atoms with Gasteiger partial charge >= 0.3 is 0 Å². The monoisotopic (exact) mass is 339 g/mol. The van der Waals surface area contributed by atoms with Gasteiger partial charge in [-0.1, -0.05) is 12.1 Å². The molecule has 1 atom stereocenters. The lowest BCUT2D eigenvalue weighted by Crippen LogP contribution is -2.54. The normalized spacial score (nSPS) is 39.1. The predicted octanol–water partition coefficient (Wildman–Crippen LogP) is 3.71. The van der Waals surface area contributed by atoms with Crippen molar-refractivity contribution in [3.05, 3.63) is 24.3 Å². The smallest absolute Gasteiger partial charge is 0.244 e. The van der Waals surface area contributed by atoms with Crippen LogP contribution in [0.15, 0.2) is 24.3 Å². The van der Waals surface area contributed by atoms with Crippen molar-refractivity contribution in [1.29, 1.82) is 0 Å². The van der Waals surface area contributed by atoms with Crippen LogP contribution in [0.2, 0.25) is 0 Å². The second-order valence-electron chi connectivity index (χ2n) is 9.11. The molecule has 5 aliphatic rings. The van der Waals surface area contributed by atoms with E-state index in [2.05, 4.69) is 34.9 Å². The van der Waals surface area contributed by atoms with Gasteiger partial charge in [0.05, 0.1) is 11.4 Å². The predicted molar refractivity (Wildman–Crippen MR) is 101 cm³/mol. The number of likely N-dealkylation sites (tertiary alicyclic amines) is 1. The molecule has 6 rings (SSSR count). The summed E-state index contributed by atoms with van der Waals surface area (Å²) in [5.41, 5.74) is 2.57. The molecule has 25 heavy (non-hydrogen) atoms. The first-order valence-corrected chi connectivity index (χ1v) is 9.99. The average Bonchev–Trinajstić information content (AvgIpc) is 2.87. The Hall–Kier alpha value is -1.71. The number of carbonyl (C=O) groups excluding carboxylic acids is 1. The maximum Gasteiger partial charge on any atom is 0.244 e. The van der Waals surface area contributed by atoms with Crippen molar-refractivity contribution in [2.24, 2.45) is 17.8 Å². The Labute approximate surface area is 150 Å². The zero-order valence-corrected chi connectivity index (χ0v) is 15.1. The van der Waals surface area contributed by atoms with Crippen LogP contribution >= 0.6 is 0 Å². The van der Waals surface area contributed by atoms with Crippen LogP contribution in [-0.2, 0) is 4.79 Å². The number of rotatable bonds is 4. The molecule has 0 aromatic heterocycles. The maximum atomic E-state index is 12.3. The number of amides is 1. The van der Waals surface area contributed by atoms with Crippen LogP contribution in [0.4, 0.5) is 11.4 Å². The lowest BCUT2D eigenvalue weighted by Gasteiger charge is -2.57. The highest BCUT2D eigenvalue weighted by atomic mass is 16.2. The van der Waals surface area contributed by atoms with Crippen LogP contribution in [0.25, 0.3) is 0 Å². The lowest BCUT2D eigenvalue weighted by molar-refractivity contribution is -0.127. The number of hydrogen-bond acceptors (Lipinski definition) is 3. The summed E-state index contributed by atoms with van der Waals surface area (Å²) < 4.78 is 0. The van der Waals surface area contributed by atoms with Crippen LogP contribution in [-0.4, -0.2) is 36.0 Å². The van der Waals surface area contributed by atoms with E-state index in [1.807, 2.05) is 11.9 Å². The van der Waals surface area contributed by atoms with Gasteiger partial charge in [0.25, 0.3) is 0 Å². The molecule has 1 amide bonds. The minimum Gasteiger partial charge on any atom is -0.378 e. The number of benzene rings is 1. The molecule has 0 spiro atoms. The Morgan fingerprint density at radius 2 is 1.60 bits per heavy atom. The van der Waals surface area contributed by atoms with E-state index in [0.717, 1.165) is 36.4 Å². The maximum absolute atomic E-state index is 12.3. The van der Waals surface area contributed by atoms with Crippen molar-refractivity contribution in [2.75, 3.05) is 24.2 Å². The molecule has 0 radical (unpaired) electrons. The Balaban J connectivity index is 1.37. The van der Waals surface area contributed by atoms with Gasteiger partial charge in [-0.15, -0.1) is 0 Å². The number of anilines is 2. The number of likely N-dealkylation sites (N-methyl/N-ethyl adjacent to an activating group) is 1. The van der Waals surface area contributed by atoms with Gasteiger partial charge in [0.15, 0.2) is 0 Å². The van der Waals surface area contributed by atoms with Crippen molar-refractivity contribution < 1.29 is 4.79 Å². The summed E-state index contributed by atoms with van der Waals surface area (Å²) in [5.74, 6) is 3.02. The minimum absolute atomic E-state index is 0.0793. The Morgan fingerprint density at radius 1 is 1.00 bits per heavy atom. The molecular formula is C21H29N3O. The molecule has 4 heteroatoms. The highest BCUT2D eigenvalue weighted by Gasteiger charge is 2.51. The molecule has 134 valence electrons. The van der Waals surface area contributed by atoms with Crippen molar-refractivity contribution in [2.45, 2.75) is 56.5 Å². The minimum atomic E-state index is -0.0793. The van der Waals surface area contributed by atoms with Gasteiger partial charge in [-0.3, -0.25) is 4.79 Å². The molecule has 1 heterocycles. The summed E-state index contributed by atoms with van der Waals surface area (Å²) in [6.45, 7) is 0.848. The van der Waals surface area contributed by atoms with E-state index in [1.54, 1.807) is 0 Å². The number of carbonyl (C=O) groups is 1. The van der Waals surface area contributed by atoms with E-state index in [-0.39, 0.29) is 11.9 Å². The first-order chi connectivity index (χ1) is 12.1. The second kappa shape index (κ2) is 5.65. The van der Waals surface area contributed by atoms with Gasteiger partial charge < -0.3 is 15.5 Å². The van der Waals surface area contributed by atoms with Crippen molar-refractivity contribution in [1.82, 2.24) is 4.90 Å². The van der Waals surface area contributed by atoms with Crippen molar-refractivity contribution in [3.63, 3.8) is 0 Å². The largest absolute Gasteiger partial charge is 0.378 e. The number of nitrogens with zero attached hydrogens (tertiary/aromatic N) is 1. The van der Waals surface area contributed by atoms with Crippen LogP contribution < -0.4 is 10.6 Å². The van der Waals surface area contributed by atoms with Gasteiger partial charge in [0, 0.05) is 19.1 Å². The van der Waals surface area contributed by atoms with Gasteiger partial charge in [0.1, 0.15) is 6.04 Å². The van der Waals surface area contributed by atoms with Crippen LogP contribution in [0.3, 0.4) is 0 Å². The first kappa shape index (κ1) is 15.5. The van der Waals surface area contributed by atoms with E-state index in [1.165, 1.54) is 44.2 Å². The molecule has 4 saturated carbocycles. The molecule has 1 saturated heterocycles. The fraction of sp³-hybridized carbons (Fsp3) is 0.667. The fourth-order valence-corrected chi connectivity index (χ4v) is 6.41. The van der Waals surface area contributed by atoms with Gasteiger partial charge in [-0.2, -0.15) is 0 Å². The fourth-order valence-electron chi connectivity index (χ4n) is 6.41. The molecule has 1 aromatic rings. The van der Waals surface area contributed by atoms with Gasteiger partial charge in [0.2, 0.25) is 5.91 Å². The van der Waals surface area contributed by atoms with E-state index in [9.17, 15) is 4.79 Å². The zero-order chi connectivity index (χ0) is 17.0. The average molecular weight is 339 g/mol. The Bertz CT molecular complexity index is 650. The van der Waals surface area contributed by atoms with Gasteiger partial charge in [-0.25, -0.2) is 0 Å². The number of nitrogens with one attached hydrogen (secondary N) is 2. The highest BCUT2D eigenvalue weighted by molar-refractivity contribution is 5.87. The van der Waals surface area contributed by atoms with E-state index < -0.39 is 0 Å². The topological polar surface area (TPSA) is 44.4 Å². The standard InChI is InChI=1S/C21H29N3O/c1-24-7-6-19(20(24)25)22-17-4-2-3-5-18(17)23-21-11-14-8-15(12-21)10-16(9-14)13-21/h2-5,14-16,19,22-23H,6-13H2,1H3/t14?,15?,16?,19-,21?/m0/s1. The molecule has 4 nitrogen and oxygen atoms in total. The first-order valence-electron chi connectivity index (χ1n) is 9.99. The number of para-hydroxylation sites is 2. The van der Waals surface area contributed by atoms with Crippen LogP contribution in [0.5, 0.6) is 0 Å². The summed E-state index contributed by atoms with van der Waals surface area (Å²) in [6, 6.07) is 8.40. The third-order valence-corrected chi connectivity index (χ3v) is 7.12. The molecule has 4 bridgehead atoms. The van der Waals surface area contributed by atoms with Crippen molar-refractivity contribution >= 4 is 17.3 Å². The van der Waals surface area contributed by atoms with E-state index in [4.69, 9.17) is 0 Å². The summed E-state index contributed by atoms with van der Waals surface area (Å²) in [6.07, 6.45) is 9.27. The lowest BCUT2D eigenvalue weighted by atomic mass is 9.53. The zero-order valence-electron chi connectivity index (χ0n) is 15.1. The summed E-state index contributed by atoms with van der Waals surface area (Å²) in [7, 11) is 1.89. The summed E-state index contributed by atoms with van der Waals surface area (Å²) in [5, 5.41) is 7.49. The molecular weight excluding hydrogens is 310 g/mol. The SMILES string of the molecule is CN1CC[C@H](Nc2ccccc2NC23CC4CC(CC(C4)C2)C3)C1=O. The molecule has 1 aromatic carbocycles.